The SMILES string of the molecule is CC(C)CC(=O)N1C[C@@H]2CN[C@@H](C2)C1. The van der Waals surface area contributed by atoms with Crippen LogP contribution in [0.1, 0.15) is 26.7 Å². The van der Waals surface area contributed by atoms with Crippen molar-refractivity contribution in [1.82, 2.24) is 10.2 Å². The molecule has 2 heterocycles. The van der Waals surface area contributed by atoms with E-state index in [0.29, 0.717) is 30.2 Å². The van der Waals surface area contributed by atoms with Crippen molar-refractivity contribution in [2.24, 2.45) is 11.8 Å². The number of hydrogen-bond donors (Lipinski definition) is 1. The van der Waals surface area contributed by atoms with Gasteiger partial charge in [0, 0.05) is 32.1 Å². The van der Waals surface area contributed by atoms with Gasteiger partial charge in [-0.2, -0.15) is 0 Å². The second-order valence-electron chi connectivity index (χ2n) is 5.10. The van der Waals surface area contributed by atoms with Crippen molar-refractivity contribution in [1.29, 1.82) is 0 Å². The largest absolute Gasteiger partial charge is 0.341 e. The molecule has 80 valence electrons. The molecule has 2 aliphatic rings. The Morgan fingerprint density at radius 2 is 2.29 bits per heavy atom. The molecule has 2 fully saturated rings. The smallest absolute Gasteiger partial charge is 0.222 e. The van der Waals surface area contributed by atoms with E-state index < -0.39 is 0 Å². The van der Waals surface area contributed by atoms with Gasteiger partial charge in [-0.25, -0.2) is 0 Å². The van der Waals surface area contributed by atoms with Crippen LogP contribution in [-0.4, -0.2) is 36.5 Å². The average molecular weight is 196 g/mol. The third-order valence-electron chi connectivity index (χ3n) is 3.17. The molecule has 1 amide bonds. The summed E-state index contributed by atoms with van der Waals surface area (Å²) in [6.07, 6.45) is 1.98. The molecule has 2 aliphatic heterocycles. The predicted octanol–water partition coefficient (Wildman–Crippen LogP) is 0.853. The monoisotopic (exact) mass is 196 g/mol. The van der Waals surface area contributed by atoms with Crippen molar-refractivity contribution < 1.29 is 4.79 Å². The van der Waals surface area contributed by atoms with E-state index in [1.165, 1.54) is 6.42 Å². The van der Waals surface area contributed by atoms with Gasteiger partial charge in [0.25, 0.3) is 0 Å². The van der Waals surface area contributed by atoms with E-state index in [2.05, 4.69) is 24.1 Å². The molecule has 2 saturated heterocycles. The van der Waals surface area contributed by atoms with Crippen LogP contribution in [0.2, 0.25) is 0 Å². The number of likely N-dealkylation sites (tertiary alicyclic amines) is 1. The summed E-state index contributed by atoms with van der Waals surface area (Å²) < 4.78 is 0. The number of fused-ring (bicyclic) bond motifs is 2. The molecule has 3 heteroatoms. The van der Waals surface area contributed by atoms with E-state index in [-0.39, 0.29) is 0 Å². The van der Waals surface area contributed by atoms with Gasteiger partial charge in [-0.1, -0.05) is 13.8 Å². The van der Waals surface area contributed by atoms with Gasteiger partial charge < -0.3 is 10.2 Å². The Kier molecular flexibility index (Phi) is 2.77. The van der Waals surface area contributed by atoms with Gasteiger partial charge in [0.15, 0.2) is 0 Å². The van der Waals surface area contributed by atoms with Crippen molar-refractivity contribution in [3.8, 4) is 0 Å². The number of rotatable bonds is 2. The molecule has 0 aliphatic carbocycles. The zero-order valence-corrected chi connectivity index (χ0v) is 9.12. The summed E-state index contributed by atoms with van der Waals surface area (Å²) in [5, 5.41) is 3.46. The molecule has 0 spiro atoms. The molecule has 14 heavy (non-hydrogen) atoms. The molecule has 0 saturated carbocycles. The summed E-state index contributed by atoms with van der Waals surface area (Å²) in [5.74, 6) is 1.54. The lowest BCUT2D eigenvalue weighted by molar-refractivity contribution is -0.133. The van der Waals surface area contributed by atoms with E-state index in [0.717, 1.165) is 19.6 Å². The van der Waals surface area contributed by atoms with Crippen LogP contribution >= 0.6 is 0 Å². The van der Waals surface area contributed by atoms with Crippen LogP contribution in [0, 0.1) is 11.8 Å². The fourth-order valence-electron chi connectivity index (χ4n) is 2.51. The van der Waals surface area contributed by atoms with E-state index in [9.17, 15) is 4.79 Å². The lowest BCUT2D eigenvalue weighted by Crippen LogP contribution is -2.44. The van der Waals surface area contributed by atoms with Gasteiger partial charge in [0.2, 0.25) is 5.91 Å². The first kappa shape index (κ1) is 9.97. The fraction of sp³-hybridized carbons (Fsp3) is 0.909. The van der Waals surface area contributed by atoms with E-state index in [1.54, 1.807) is 0 Å². The highest BCUT2D eigenvalue weighted by atomic mass is 16.2. The number of hydrogen-bond acceptors (Lipinski definition) is 2. The van der Waals surface area contributed by atoms with Crippen molar-refractivity contribution in [2.45, 2.75) is 32.7 Å². The Labute approximate surface area is 85.8 Å². The van der Waals surface area contributed by atoms with Crippen LogP contribution in [0.3, 0.4) is 0 Å². The maximum atomic E-state index is 11.8. The highest BCUT2D eigenvalue weighted by Crippen LogP contribution is 2.23. The third-order valence-corrected chi connectivity index (χ3v) is 3.17. The minimum absolute atomic E-state index is 0.346. The van der Waals surface area contributed by atoms with Crippen LogP contribution in [0.4, 0.5) is 0 Å². The highest BCUT2D eigenvalue weighted by Gasteiger charge is 2.34. The van der Waals surface area contributed by atoms with Crippen molar-refractivity contribution >= 4 is 5.91 Å². The molecule has 3 nitrogen and oxygen atoms in total. The zero-order valence-electron chi connectivity index (χ0n) is 9.12. The Morgan fingerprint density at radius 3 is 2.93 bits per heavy atom. The van der Waals surface area contributed by atoms with Crippen LogP contribution in [0.15, 0.2) is 0 Å². The van der Waals surface area contributed by atoms with Crippen LogP contribution in [-0.2, 0) is 4.79 Å². The predicted molar refractivity (Wildman–Crippen MR) is 55.9 cm³/mol. The number of amides is 1. The Hall–Kier alpha value is -0.570. The minimum Gasteiger partial charge on any atom is -0.341 e. The maximum absolute atomic E-state index is 11.8. The molecule has 0 radical (unpaired) electrons. The Morgan fingerprint density at radius 1 is 1.50 bits per heavy atom. The normalized spacial score (nSPS) is 31.2. The summed E-state index contributed by atoms with van der Waals surface area (Å²) in [6.45, 7) is 7.23. The van der Waals surface area contributed by atoms with Gasteiger partial charge in [0.05, 0.1) is 0 Å². The second kappa shape index (κ2) is 3.89. The van der Waals surface area contributed by atoms with Crippen molar-refractivity contribution in [3.63, 3.8) is 0 Å². The number of carbonyl (C=O) groups excluding carboxylic acids is 1. The molecule has 0 aromatic heterocycles. The van der Waals surface area contributed by atoms with Gasteiger partial charge in [-0.3, -0.25) is 4.79 Å². The molecule has 2 rings (SSSR count). The first-order valence-corrected chi connectivity index (χ1v) is 5.66. The molecule has 0 aromatic carbocycles. The highest BCUT2D eigenvalue weighted by molar-refractivity contribution is 5.76. The molecule has 2 bridgehead atoms. The molecule has 2 atom stereocenters. The summed E-state index contributed by atoms with van der Waals surface area (Å²) >= 11 is 0. The second-order valence-corrected chi connectivity index (χ2v) is 5.10. The quantitative estimate of drug-likeness (QED) is 0.710. The average Bonchev–Trinajstić information content (AvgIpc) is 2.44. The molecule has 0 unspecified atom stereocenters. The minimum atomic E-state index is 0.346. The number of nitrogens with one attached hydrogen (secondary N) is 1. The van der Waals surface area contributed by atoms with Crippen molar-refractivity contribution in [3.05, 3.63) is 0 Å². The van der Waals surface area contributed by atoms with Gasteiger partial charge >= 0.3 is 0 Å². The Bertz CT molecular complexity index is 215. The number of carbonyl (C=O) groups is 1. The number of nitrogens with zero attached hydrogens (tertiary/aromatic N) is 1. The Balaban J connectivity index is 1.89. The van der Waals surface area contributed by atoms with Gasteiger partial charge in [0.1, 0.15) is 0 Å². The van der Waals surface area contributed by atoms with Crippen LogP contribution < -0.4 is 5.32 Å². The van der Waals surface area contributed by atoms with Crippen LogP contribution in [0.5, 0.6) is 0 Å². The first-order chi connectivity index (χ1) is 6.65. The summed E-state index contributed by atoms with van der Waals surface area (Å²) in [4.78, 5) is 13.9. The topological polar surface area (TPSA) is 32.3 Å². The van der Waals surface area contributed by atoms with E-state index in [1.807, 2.05) is 0 Å². The van der Waals surface area contributed by atoms with Crippen molar-refractivity contribution in [2.75, 3.05) is 19.6 Å². The summed E-state index contributed by atoms with van der Waals surface area (Å²) in [5.41, 5.74) is 0. The standard InChI is InChI=1S/C11H20N2O/c1-8(2)3-11(14)13-6-9-4-10(7-13)12-5-9/h8-10,12H,3-7H2,1-2H3/t9-,10-/m0/s1. The molecule has 0 aromatic rings. The third kappa shape index (κ3) is 2.08. The van der Waals surface area contributed by atoms with Crippen LogP contribution in [0.25, 0.3) is 0 Å². The number of piperidine rings is 1. The van der Waals surface area contributed by atoms with E-state index in [4.69, 9.17) is 0 Å². The summed E-state index contributed by atoms with van der Waals surface area (Å²) in [6, 6.07) is 0.574. The fourth-order valence-corrected chi connectivity index (χ4v) is 2.51. The molecular formula is C11H20N2O. The zero-order chi connectivity index (χ0) is 10.1. The van der Waals surface area contributed by atoms with E-state index >= 15 is 0 Å². The van der Waals surface area contributed by atoms with Gasteiger partial charge in [-0.05, 0) is 18.3 Å². The lowest BCUT2D eigenvalue weighted by Gasteiger charge is -2.31. The summed E-state index contributed by atoms with van der Waals surface area (Å²) in [7, 11) is 0. The molecular weight excluding hydrogens is 176 g/mol. The van der Waals surface area contributed by atoms with Gasteiger partial charge in [-0.15, -0.1) is 0 Å². The molecule has 1 N–H and O–H groups in total. The maximum Gasteiger partial charge on any atom is 0.222 e. The lowest BCUT2D eigenvalue weighted by atomic mass is 9.99. The first-order valence-electron chi connectivity index (χ1n) is 5.66.